The van der Waals surface area contributed by atoms with Crippen molar-refractivity contribution in [2.24, 2.45) is 17.3 Å². The van der Waals surface area contributed by atoms with Crippen LogP contribution in [0.25, 0.3) is 0 Å². The average Bonchev–Trinajstić information content (AvgIpc) is 3.00. The lowest BCUT2D eigenvalue weighted by atomic mass is 9.80. The zero-order chi connectivity index (χ0) is 18.0. The Morgan fingerprint density at radius 2 is 2.04 bits per heavy atom. The van der Waals surface area contributed by atoms with Gasteiger partial charge >= 0.3 is 0 Å². The number of ether oxygens (including phenoxy) is 1. The van der Waals surface area contributed by atoms with E-state index >= 15 is 0 Å². The number of rotatable bonds is 5. The molecule has 0 saturated carbocycles. The second-order valence-corrected chi connectivity index (χ2v) is 9.20. The predicted octanol–water partition coefficient (Wildman–Crippen LogP) is 4.67. The van der Waals surface area contributed by atoms with Crippen LogP contribution in [-0.2, 0) is 6.54 Å². The molecule has 2 aliphatic heterocycles. The number of hydrogen-bond acceptors (Lipinski definition) is 3. The van der Waals surface area contributed by atoms with E-state index in [2.05, 4.69) is 56.1 Å². The van der Waals surface area contributed by atoms with Gasteiger partial charge in [-0.15, -0.1) is 0 Å². The molecule has 140 valence electrons. The highest BCUT2D eigenvalue weighted by molar-refractivity contribution is 5.28. The van der Waals surface area contributed by atoms with Crippen LogP contribution in [0.1, 0.15) is 58.9 Å². The van der Waals surface area contributed by atoms with E-state index in [4.69, 9.17) is 4.74 Å². The van der Waals surface area contributed by atoms with Gasteiger partial charge in [0.1, 0.15) is 5.75 Å². The van der Waals surface area contributed by atoms with Gasteiger partial charge in [-0.05, 0) is 54.2 Å². The highest BCUT2D eigenvalue weighted by atomic mass is 16.5. The molecule has 0 amide bonds. The van der Waals surface area contributed by atoms with Gasteiger partial charge < -0.3 is 4.74 Å². The van der Waals surface area contributed by atoms with Crippen LogP contribution in [0.3, 0.4) is 0 Å². The minimum atomic E-state index is 0.333. The molecular formula is C22H36N2O. The molecule has 25 heavy (non-hydrogen) atoms. The summed E-state index contributed by atoms with van der Waals surface area (Å²) in [5, 5.41) is 3.99. The largest absolute Gasteiger partial charge is 0.497 e. The Morgan fingerprint density at radius 1 is 1.24 bits per heavy atom. The molecule has 2 saturated heterocycles. The minimum Gasteiger partial charge on any atom is -0.497 e. The number of hydrogen-bond donors (Lipinski definition) is 1. The Hall–Kier alpha value is -1.06. The summed E-state index contributed by atoms with van der Waals surface area (Å²) < 4.78 is 5.42. The highest BCUT2D eigenvalue weighted by Crippen LogP contribution is 2.41. The summed E-state index contributed by atoms with van der Waals surface area (Å²) in [5.41, 5.74) is 1.69. The molecule has 2 fully saturated rings. The Balaban J connectivity index is 1.77. The second kappa shape index (κ2) is 7.67. The molecule has 1 aromatic carbocycles. The molecule has 1 aromatic rings. The maximum Gasteiger partial charge on any atom is 0.119 e. The lowest BCUT2D eigenvalue weighted by molar-refractivity contribution is 0.0497. The van der Waals surface area contributed by atoms with Crippen molar-refractivity contribution in [3.8, 4) is 5.75 Å². The molecule has 2 aliphatic rings. The van der Waals surface area contributed by atoms with E-state index in [1.807, 2.05) is 6.07 Å². The van der Waals surface area contributed by atoms with E-state index < -0.39 is 0 Å². The van der Waals surface area contributed by atoms with Crippen LogP contribution in [0, 0.1) is 17.3 Å². The van der Waals surface area contributed by atoms with Gasteiger partial charge in [-0.25, -0.2) is 0 Å². The normalized spacial score (nSPS) is 30.3. The molecule has 4 atom stereocenters. The molecule has 3 heteroatoms. The average molecular weight is 345 g/mol. The molecule has 0 radical (unpaired) electrons. The Bertz CT molecular complexity index is 565. The first kappa shape index (κ1) is 18.7. The topological polar surface area (TPSA) is 24.5 Å². The number of methoxy groups -OCH3 is 1. The van der Waals surface area contributed by atoms with Gasteiger partial charge in [0.05, 0.1) is 13.3 Å². The highest BCUT2D eigenvalue weighted by Gasteiger charge is 2.45. The van der Waals surface area contributed by atoms with Gasteiger partial charge in [0.2, 0.25) is 0 Å². The van der Waals surface area contributed by atoms with Crippen molar-refractivity contribution in [3.63, 3.8) is 0 Å². The number of benzene rings is 1. The fourth-order valence-corrected chi connectivity index (χ4v) is 4.81. The molecule has 3 nitrogen and oxygen atoms in total. The van der Waals surface area contributed by atoms with Gasteiger partial charge in [-0.3, -0.25) is 10.2 Å². The van der Waals surface area contributed by atoms with Gasteiger partial charge in [0, 0.05) is 19.1 Å². The van der Waals surface area contributed by atoms with Crippen molar-refractivity contribution in [1.82, 2.24) is 10.2 Å². The fourth-order valence-electron chi connectivity index (χ4n) is 4.81. The maximum atomic E-state index is 5.42. The molecule has 0 spiro atoms. The summed E-state index contributed by atoms with van der Waals surface area (Å²) in [4.78, 5) is 2.70. The second-order valence-electron chi connectivity index (χ2n) is 9.20. The number of fused-ring (bicyclic) bond motifs is 1. The molecule has 3 rings (SSSR count). The third-order valence-corrected chi connectivity index (χ3v) is 6.14. The monoisotopic (exact) mass is 344 g/mol. The molecule has 0 bridgehead atoms. The van der Waals surface area contributed by atoms with Crippen LogP contribution in [0.2, 0.25) is 0 Å². The maximum absolute atomic E-state index is 5.42. The van der Waals surface area contributed by atoms with Crippen LogP contribution in [-0.4, -0.2) is 30.8 Å². The molecule has 0 aliphatic carbocycles. The molecular weight excluding hydrogens is 308 g/mol. The number of nitrogens with one attached hydrogen (secondary N) is 1. The summed E-state index contributed by atoms with van der Waals surface area (Å²) in [6.07, 6.45) is 5.90. The van der Waals surface area contributed by atoms with Crippen LogP contribution in [0.4, 0.5) is 0 Å². The molecule has 2 heterocycles. The van der Waals surface area contributed by atoms with Crippen molar-refractivity contribution in [2.75, 3.05) is 13.7 Å². The summed E-state index contributed by atoms with van der Waals surface area (Å²) in [6, 6.07) is 9.19. The van der Waals surface area contributed by atoms with Crippen LogP contribution >= 0.6 is 0 Å². The Labute approximate surface area is 154 Å². The quantitative estimate of drug-likeness (QED) is 0.840. The zero-order valence-electron chi connectivity index (χ0n) is 16.7. The van der Waals surface area contributed by atoms with E-state index in [-0.39, 0.29) is 0 Å². The minimum absolute atomic E-state index is 0.333. The first-order valence-electron chi connectivity index (χ1n) is 10.0. The number of likely N-dealkylation sites (tertiary alicyclic amines) is 1. The third kappa shape index (κ3) is 4.38. The van der Waals surface area contributed by atoms with E-state index in [9.17, 15) is 0 Å². The number of nitrogens with zero attached hydrogens (tertiary/aromatic N) is 1. The summed E-state index contributed by atoms with van der Waals surface area (Å²) in [7, 11) is 1.75. The Morgan fingerprint density at radius 3 is 2.72 bits per heavy atom. The molecule has 0 aromatic heterocycles. The van der Waals surface area contributed by atoms with E-state index in [1.165, 1.54) is 37.8 Å². The van der Waals surface area contributed by atoms with Crippen LogP contribution in [0.15, 0.2) is 24.3 Å². The third-order valence-electron chi connectivity index (χ3n) is 6.14. The summed E-state index contributed by atoms with van der Waals surface area (Å²) in [6.45, 7) is 11.7. The predicted molar refractivity (Wildman–Crippen MR) is 105 cm³/mol. The van der Waals surface area contributed by atoms with Crippen LogP contribution < -0.4 is 10.1 Å². The molecule has 1 N–H and O–H groups in total. The standard InChI is InChI=1S/C22H36N2O/c1-6-8-16-11-18-13-20(22(2,3)4)23-21(18)24(14-16)15-17-9-7-10-19(12-17)25-5/h7,9-10,12,16,18,20-21,23H,6,8,11,13-15H2,1-5H3. The molecule has 4 unspecified atom stereocenters. The van der Waals surface area contributed by atoms with E-state index in [0.717, 1.165) is 24.1 Å². The van der Waals surface area contributed by atoms with Crippen molar-refractivity contribution in [2.45, 2.75) is 72.1 Å². The van der Waals surface area contributed by atoms with Crippen LogP contribution in [0.5, 0.6) is 5.75 Å². The van der Waals surface area contributed by atoms with Gasteiger partial charge in [-0.2, -0.15) is 0 Å². The van der Waals surface area contributed by atoms with Crippen molar-refractivity contribution >= 4 is 0 Å². The zero-order valence-corrected chi connectivity index (χ0v) is 16.7. The fraction of sp³-hybridized carbons (Fsp3) is 0.727. The summed E-state index contributed by atoms with van der Waals surface area (Å²) >= 11 is 0. The first-order valence-corrected chi connectivity index (χ1v) is 10.0. The lowest BCUT2D eigenvalue weighted by Crippen LogP contribution is -2.53. The Kier molecular flexibility index (Phi) is 5.75. The van der Waals surface area contributed by atoms with Gasteiger partial charge in [-0.1, -0.05) is 46.2 Å². The van der Waals surface area contributed by atoms with E-state index in [1.54, 1.807) is 7.11 Å². The van der Waals surface area contributed by atoms with Crippen molar-refractivity contribution in [3.05, 3.63) is 29.8 Å². The number of piperidine rings is 1. The van der Waals surface area contributed by atoms with Crippen molar-refractivity contribution in [1.29, 1.82) is 0 Å². The smallest absolute Gasteiger partial charge is 0.119 e. The first-order chi connectivity index (χ1) is 11.9. The van der Waals surface area contributed by atoms with Gasteiger partial charge in [0.25, 0.3) is 0 Å². The lowest BCUT2D eigenvalue weighted by Gasteiger charge is -2.42. The SMILES string of the molecule is CCCC1CC2CC(C(C)(C)C)NC2N(Cc2cccc(OC)c2)C1. The summed E-state index contributed by atoms with van der Waals surface area (Å²) in [5.74, 6) is 2.60. The van der Waals surface area contributed by atoms with E-state index in [0.29, 0.717) is 17.6 Å². The van der Waals surface area contributed by atoms with Crippen molar-refractivity contribution < 1.29 is 4.74 Å². The van der Waals surface area contributed by atoms with Gasteiger partial charge in [0.15, 0.2) is 0 Å².